The Hall–Kier alpha value is -1.63. The standard InChI is InChI=1S/C12H21N3O4/c1-7(16)15-10(12(18)19)6-14-9-4-2-8(3-5-9)11(13)17/h8-10,14H,2-6H2,1H3,(H2,13,17)(H,15,16)(H,18,19). The van der Waals surface area contributed by atoms with Gasteiger partial charge in [-0.05, 0) is 25.7 Å². The number of aliphatic carboxylic acids is 1. The van der Waals surface area contributed by atoms with Gasteiger partial charge in [0.2, 0.25) is 11.8 Å². The van der Waals surface area contributed by atoms with Gasteiger partial charge < -0.3 is 21.5 Å². The first-order valence-corrected chi connectivity index (χ1v) is 6.42. The minimum atomic E-state index is -1.06. The summed E-state index contributed by atoms with van der Waals surface area (Å²) < 4.78 is 0. The van der Waals surface area contributed by atoms with Crippen LogP contribution < -0.4 is 16.4 Å². The Kier molecular flexibility index (Phi) is 5.75. The highest BCUT2D eigenvalue weighted by atomic mass is 16.4. The van der Waals surface area contributed by atoms with Crippen molar-refractivity contribution in [1.29, 1.82) is 0 Å². The van der Waals surface area contributed by atoms with Crippen LogP contribution in [-0.2, 0) is 14.4 Å². The summed E-state index contributed by atoms with van der Waals surface area (Å²) >= 11 is 0. The second-order valence-electron chi connectivity index (χ2n) is 4.95. The first-order chi connectivity index (χ1) is 8.90. The van der Waals surface area contributed by atoms with Gasteiger partial charge in [0.1, 0.15) is 6.04 Å². The summed E-state index contributed by atoms with van der Waals surface area (Å²) in [5.74, 6) is -1.76. The van der Waals surface area contributed by atoms with E-state index in [2.05, 4.69) is 10.6 Å². The van der Waals surface area contributed by atoms with E-state index in [0.717, 1.165) is 25.7 Å². The minimum Gasteiger partial charge on any atom is -0.480 e. The Labute approximate surface area is 111 Å². The van der Waals surface area contributed by atoms with Crippen molar-refractivity contribution in [3.63, 3.8) is 0 Å². The summed E-state index contributed by atoms with van der Waals surface area (Å²) in [4.78, 5) is 32.8. The molecule has 0 spiro atoms. The number of carbonyl (C=O) groups is 3. The molecule has 2 amide bonds. The molecule has 108 valence electrons. The SMILES string of the molecule is CC(=O)NC(CNC1CCC(C(N)=O)CC1)C(=O)O. The zero-order valence-corrected chi connectivity index (χ0v) is 11.0. The second kappa shape index (κ2) is 7.08. The number of amides is 2. The van der Waals surface area contributed by atoms with Crippen LogP contribution in [0.25, 0.3) is 0 Å². The number of nitrogens with one attached hydrogen (secondary N) is 2. The predicted molar refractivity (Wildman–Crippen MR) is 68.2 cm³/mol. The monoisotopic (exact) mass is 271 g/mol. The molecule has 0 aromatic carbocycles. The summed E-state index contributed by atoms with van der Waals surface area (Å²) in [5, 5.41) is 14.4. The van der Waals surface area contributed by atoms with Gasteiger partial charge >= 0.3 is 5.97 Å². The zero-order valence-electron chi connectivity index (χ0n) is 11.0. The normalized spacial score (nSPS) is 24.5. The van der Waals surface area contributed by atoms with E-state index in [1.54, 1.807) is 0 Å². The first kappa shape index (κ1) is 15.4. The second-order valence-corrected chi connectivity index (χ2v) is 4.95. The van der Waals surface area contributed by atoms with E-state index in [9.17, 15) is 14.4 Å². The number of carboxylic acids is 1. The number of hydrogen-bond acceptors (Lipinski definition) is 4. The Morgan fingerprint density at radius 1 is 1.26 bits per heavy atom. The maximum atomic E-state index is 11.0. The maximum Gasteiger partial charge on any atom is 0.327 e. The van der Waals surface area contributed by atoms with Gasteiger partial charge in [-0.15, -0.1) is 0 Å². The van der Waals surface area contributed by atoms with E-state index in [1.807, 2.05) is 0 Å². The highest BCUT2D eigenvalue weighted by molar-refractivity contribution is 5.82. The molecule has 7 nitrogen and oxygen atoms in total. The summed E-state index contributed by atoms with van der Waals surface area (Å²) in [6.45, 7) is 1.47. The average molecular weight is 271 g/mol. The van der Waals surface area contributed by atoms with Crippen molar-refractivity contribution in [3.05, 3.63) is 0 Å². The number of carboxylic acid groups (broad SMARTS) is 1. The van der Waals surface area contributed by atoms with Crippen LogP contribution in [0, 0.1) is 5.92 Å². The molecule has 0 aromatic rings. The Morgan fingerprint density at radius 3 is 2.26 bits per heavy atom. The lowest BCUT2D eigenvalue weighted by molar-refractivity contribution is -0.141. The van der Waals surface area contributed by atoms with E-state index in [0.29, 0.717) is 0 Å². The lowest BCUT2D eigenvalue weighted by atomic mass is 9.85. The third-order valence-corrected chi connectivity index (χ3v) is 3.42. The number of hydrogen-bond donors (Lipinski definition) is 4. The highest BCUT2D eigenvalue weighted by Gasteiger charge is 2.26. The zero-order chi connectivity index (χ0) is 14.4. The van der Waals surface area contributed by atoms with Crippen LogP contribution in [0.4, 0.5) is 0 Å². The summed E-state index contributed by atoms with van der Waals surface area (Å²) in [7, 11) is 0. The third-order valence-electron chi connectivity index (χ3n) is 3.42. The topological polar surface area (TPSA) is 122 Å². The molecule has 0 aliphatic heterocycles. The van der Waals surface area contributed by atoms with Crippen LogP contribution in [0.2, 0.25) is 0 Å². The van der Waals surface area contributed by atoms with Gasteiger partial charge in [0.15, 0.2) is 0 Å². The summed E-state index contributed by atoms with van der Waals surface area (Å²) in [6, 6.07) is -0.752. The van der Waals surface area contributed by atoms with Crippen molar-refractivity contribution in [2.75, 3.05) is 6.54 Å². The van der Waals surface area contributed by atoms with E-state index in [4.69, 9.17) is 10.8 Å². The van der Waals surface area contributed by atoms with Crippen LogP contribution in [0.3, 0.4) is 0 Å². The van der Waals surface area contributed by atoms with Crippen molar-refractivity contribution in [3.8, 4) is 0 Å². The molecule has 7 heteroatoms. The molecule has 1 saturated carbocycles. The molecule has 1 rings (SSSR count). The number of nitrogens with two attached hydrogens (primary N) is 1. The molecule has 1 aliphatic rings. The molecule has 0 heterocycles. The minimum absolute atomic E-state index is 0.0661. The Morgan fingerprint density at radius 2 is 1.84 bits per heavy atom. The number of carbonyl (C=O) groups excluding carboxylic acids is 2. The summed E-state index contributed by atoms with van der Waals surface area (Å²) in [6.07, 6.45) is 3.04. The average Bonchev–Trinajstić information content (AvgIpc) is 2.34. The predicted octanol–water partition coefficient (Wildman–Crippen LogP) is -0.791. The molecular weight excluding hydrogens is 250 g/mol. The van der Waals surface area contributed by atoms with E-state index in [1.165, 1.54) is 6.92 Å². The van der Waals surface area contributed by atoms with Crippen LogP contribution in [-0.4, -0.2) is 41.5 Å². The fraction of sp³-hybridized carbons (Fsp3) is 0.750. The number of rotatable bonds is 6. The molecule has 1 aliphatic carbocycles. The Balaban J connectivity index is 2.34. The smallest absolute Gasteiger partial charge is 0.327 e. The molecule has 1 fully saturated rings. The van der Waals surface area contributed by atoms with Crippen LogP contribution >= 0.6 is 0 Å². The van der Waals surface area contributed by atoms with Gasteiger partial charge in [0.05, 0.1) is 0 Å². The highest BCUT2D eigenvalue weighted by Crippen LogP contribution is 2.23. The van der Waals surface area contributed by atoms with E-state index >= 15 is 0 Å². The summed E-state index contributed by atoms with van der Waals surface area (Å²) in [5.41, 5.74) is 5.24. The fourth-order valence-corrected chi connectivity index (χ4v) is 2.31. The van der Waals surface area contributed by atoms with Crippen LogP contribution in [0.1, 0.15) is 32.6 Å². The van der Waals surface area contributed by atoms with Crippen molar-refractivity contribution < 1.29 is 19.5 Å². The van der Waals surface area contributed by atoms with Crippen LogP contribution in [0.15, 0.2) is 0 Å². The maximum absolute atomic E-state index is 11.0. The van der Waals surface area contributed by atoms with Crippen molar-refractivity contribution in [1.82, 2.24) is 10.6 Å². The molecule has 1 unspecified atom stereocenters. The molecule has 19 heavy (non-hydrogen) atoms. The molecule has 0 radical (unpaired) electrons. The van der Waals surface area contributed by atoms with Gasteiger partial charge in [-0.25, -0.2) is 4.79 Å². The third kappa shape index (κ3) is 5.25. The molecule has 0 saturated heterocycles. The quantitative estimate of drug-likeness (QED) is 0.504. The van der Waals surface area contributed by atoms with Gasteiger partial charge in [0.25, 0.3) is 0 Å². The Bertz CT molecular complexity index is 351. The van der Waals surface area contributed by atoms with Crippen molar-refractivity contribution in [2.24, 2.45) is 11.7 Å². The fourth-order valence-electron chi connectivity index (χ4n) is 2.31. The lowest BCUT2D eigenvalue weighted by Gasteiger charge is -2.28. The molecule has 1 atom stereocenters. The molecular formula is C12H21N3O4. The van der Waals surface area contributed by atoms with Gasteiger partial charge in [-0.1, -0.05) is 0 Å². The van der Waals surface area contributed by atoms with Crippen LogP contribution in [0.5, 0.6) is 0 Å². The van der Waals surface area contributed by atoms with Crippen molar-refractivity contribution in [2.45, 2.75) is 44.7 Å². The largest absolute Gasteiger partial charge is 0.480 e. The van der Waals surface area contributed by atoms with Crippen molar-refractivity contribution >= 4 is 17.8 Å². The van der Waals surface area contributed by atoms with E-state index < -0.39 is 12.0 Å². The van der Waals surface area contributed by atoms with Gasteiger partial charge in [-0.2, -0.15) is 0 Å². The van der Waals surface area contributed by atoms with Gasteiger partial charge in [0, 0.05) is 25.4 Å². The molecule has 0 bridgehead atoms. The first-order valence-electron chi connectivity index (χ1n) is 6.42. The van der Waals surface area contributed by atoms with E-state index in [-0.39, 0.29) is 30.3 Å². The molecule has 0 aromatic heterocycles. The molecule has 5 N–H and O–H groups in total. The lowest BCUT2D eigenvalue weighted by Crippen LogP contribution is -2.49. The number of primary amides is 1. The van der Waals surface area contributed by atoms with Gasteiger partial charge in [-0.3, -0.25) is 9.59 Å².